The normalized spacial score (nSPS) is 14.9. The van der Waals surface area contributed by atoms with E-state index in [2.05, 4.69) is 5.32 Å². The Kier molecular flexibility index (Phi) is 11.3. The van der Waals surface area contributed by atoms with Crippen molar-refractivity contribution < 1.29 is 22.7 Å². The van der Waals surface area contributed by atoms with Crippen LogP contribution >= 0.6 is 23.2 Å². The van der Waals surface area contributed by atoms with Crippen LogP contribution in [0.15, 0.2) is 42.5 Å². The van der Waals surface area contributed by atoms with Crippen molar-refractivity contribution in [1.29, 1.82) is 0 Å². The van der Waals surface area contributed by atoms with Gasteiger partial charge in [-0.3, -0.25) is 13.9 Å². The average Bonchev–Trinajstić information content (AvgIpc) is 2.89. The first-order valence-corrected chi connectivity index (χ1v) is 15.9. The van der Waals surface area contributed by atoms with Crippen LogP contribution < -0.4 is 14.4 Å². The second kappa shape index (κ2) is 14.2. The third kappa shape index (κ3) is 8.25. The highest BCUT2D eigenvalue weighted by molar-refractivity contribution is 7.92. The monoisotopic (exact) mass is 597 g/mol. The Morgan fingerprint density at radius 2 is 1.67 bits per heavy atom. The number of nitrogens with one attached hydrogen (secondary N) is 1. The molecule has 1 saturated carbocycles. The van der Waals surface area contributed by atoms with Gasteiger partial charge < -0.3 is 15.0 Å². The molecule has 1 N–H and O–H groups in total. The third-order valence-electron chi connectivity index (χ3n) is 6.84. The fourth-order valence-corrected chi connectivity index (χ4v) is 6.22. The summed E-state index contributed by atoms with van der Waals surface area (Å²) in [5.41, 5.74) is 0.726. The number of anilines is 1. The van der Waals surface area contributed by atoms with Gasteiger partial charge in [-0.25, -0.2) is 8.42 Å². The van der Waals surface area contributed by atoms with Gasteiger partial charge in [-0.15, -0.1) is 0 Å². The number of hydrogen-bond acceptors (Lipinski definition) is 5. The number of carbonyl (C=O) groups excluding carboxylic acids is 2. The summed E-state index contributed by atoms with van der Waals surface area (Å²) in [5, 5.41) is 3.81. The zero-order valence-corrected chi connectivity index (χ0v) is 25.0. The van der Waals surface area contributed by atoms with Crippen molar-refractivity contribution in [3.05, 3.63) is 58.1 Å². The number of amides is 2. The quantitative estimate of drug-likeness (QED) is 0.352. The maximum Gasteiger partial charge on any atom is 0.244 e. The van der Waals surface area contributed by atoms with E-state index in [1.165, 1.54) is 4.90 Å². The summed E-state index contributed by atoms with van der Waals surface area (Å²) in [4.78, 5) is 28.9. The summed E-state index contributed by atoms with van der Waals surface area (Å²) < 4.78 is 32.5. The lowest BCUT2D eigenvalue weighted by atomic mass is 9.95. The van der Waals surface area contributed by atoms with Crippen LogP contribution in [0.3, 0.4) is 0 Å². The number of sulfonamides is 1. The van der Waals surface area contributed by atoms with Gasteiger partial charge in [-0.2, -0.15) is 0 Å². The van der Waals surface area contributed by atoms with E-state index in [1.54, 1.807) is 49.4 Å². The fraction of sp³-hybridized carbons (Fsp3) is 0.500. The molecule has 3 rings (SSSR count). The van der Waals surface area contributed by atoms with Gasteiger partial charge >= 0.3 is 0 Å². The smallest absolute Gasteiger partial charge is 0.244 e. The molecule has 0 aliphatic heterocycles. The highest BCUT2D eigenvalue weighted by Gasteiger charge is 2.34. The Morgan fingerprint density at radius 3 is 2.26 bits per heavy atom. The van der Waals surface area contributed by atoms with Gasteiger partial charge in [0.2, 0.25) is 21.8 Å². The molecular formula is C28H37Cl2N3O5S. The van der Waals surface area contributed by atoms with Gasteiger partial charge in [0.25, 0.3) is 0 Å². The van der Waals surface area contributed by atoms with Crippen molar-refractivity contribution in [3.63, 3.8) is 0 Å². The molecule has 0 aromatic heterocycles. The van der Waals surface area contributed by atoms with Crippen molar-refractivity contribution in [3.8, 4) is 5.75 Å². The van der Waals surface area contributed by atoms with Gasteiger partial charge in [-0.05, 0) is 50.5 Å². The lowest BCUT2D eigenvalue weighted by Crippen LogP contribution is -2.54. The first-order valence-electron chi connectivity index (χ1n) is 13.3. The number of carbonyl (C=O) groups is 2. The molecule has 2 aromatic carbocycles. The average molecular weight is 599 g/mol. The van der Waals surface area contributed by atoms with Crippen LogP contribution in [0.4, 0.5) is 5.69 Å². The van der Waals surface area contributed by atoms with Crippen molar-refractivity contribution in [2.45, 2.75) is 71.0 Å². The minimum absolute atomic E-state index is 0.0479. The molecule has 0 heterocycles. The maximum atomic E-state index is 14.0. The molecule has 8 nitrogen and oxygen atoms in total. The van der Waals surface area contributed by atoms with Crippen LogP contribution in [-0.4, -0.2) is 56.6 Å². The molecule has 1 fully saturated rings. The summed E-state index contributed by atoms with van der Waals surface area (Å²) in [6.07, 6.45) is 6.37. The van der Waals surface area contributed by atoms with Gasteiger partial charge in [0.05, 0.1) is 18.6 Å². The molecule has 2 amide bonds. The molecule has 11 heteroatoms. The number of nitrogens with zero attached hydrogens (tertiary/aromatic N) is 2. The van der Waals surface area contributed by atoms with Crippen molar-refractivity contribution in [1.82, 2.24) is 10.2 Å². The first kappa shape index (κ1) is 31.0. The van der Waals surface area contributed by atoms with Crippen LogP contribution in [-0.2, 0) is 26.2 Å². The van der Waals surface area contributed by atoms with Crippen LogP contribution in [0.1, 0.15) is 57.9 Å². The number of rotatable bonds is 12. The lowest BCUT2D eigenvalue weighted by Gasteiger charge is -2.34. The Balaban J connectivity index is 1.99. The Bertz CT molecular complexity index is 1230. The molecule has 0 radical (unpaired) electrons. The van der Waals surface area contributed by atoms with E-state index in [9.17, 15) is 18.0 Å². The molecule has 0 spiro atoms. The summed E-state index contributed by atoms with van der Waals surface area (Å²) >= 11 is 12.9. The van der Waals surface area contributed by atoms with Gasteiger partial charge in [0.15, 0.2) is 0 Å². The topological polar surface area (TPSA) is 96.0 Å². The predicted molar refractivity (Wildman–Crippen MR) is 156 cm³/mol. The van der Waals surface area contributed by atoms with Crippen LogP contribution in [0.2, 0.25) is 10.0 Å². The number of benzene rings is 2. The van der Waals surface area contributed by atoms with Crippen molar-refractivity contribution >= 4 is 50.7 Å². The summed E-state index contributed by atoms with van der Waals surface area (Å²) in [6.45, 7) is 3.34. The first-order chi connectivity index (χ1) is 18.6. The largest absolute Gasteiger partial charge is 0.492 e. The summed E-state index contributed by atoms with van der Waals surface area (Å²) in [7, 11) is -3.90. The van der Waals surface area contributed by atoms with Crippen LogP contribution in [0.25, 0.3) is 0 Å². The van der Waals surface area contributed by atoms with Gasteiger partial charge in [0, 0.05) is 28.2 Å². The van der Waals surface area contributed by atoms with Crippen LogP contribution in [0, 0.1) is 0 Å². The highest BCUT2D eigenvalue weighted by atomic mass is 35.5. The van der Waals surface area contributed by atoms with Gasteiger partial charge in [0.1, 0.15) is 18.3 Å². The van der Waals surface area contributed by atoms with Crippen molar-refractivity contribution in [2.24, 2.45) is 0 Å². The molecule has 214 valence electrons. The van der Waals surface area contributed by atoms with E-state index in [4.69, 9.17) is 27.9 Å². The molecule has 1 aliphatic carbocycles. The number of halogens is 2. The SMILES string of the molecule is CCOc1ccccc1N(CC(=O)N(Cc1c(Cl)cccc1Cl)[C@@H](CC)C(=O)NC1CCCCC1)S(C)(=O)=O. The minimum Gasteiger partial charge on any atom is -0.492 e. The number of hydrogen-bond donors (Lipinski definition) is 1. The number of para-hydroxylation sites is 2. The third-order valence-corrected chi connectivity index (χ3v) is 8.68. The molecule has 0 unspecified atom stereocenters. The Hall–Kier alpha value is -2.49. The van der Waals surface area contributed by atoms with E-state index in [0.29, 0.717) is 34.4 Å². The minimum atomic E-state index is -3.90. The van der Waals surface area contributed by atoms with E-state index in [1.807, 2.05) is 6.92 Å². The zero-order chi connectivity index (χ0) is 28.6. The number of ether oxygens (including phenoxy) is 1. The van der Waals surface area contributed by atoms with E-state index in [-0.39, 0.29) is 24.2 Å². The summed E-state index contributed by atoms with van der Waals surface area (Å²) in [5.74, 6) is -0.504. The van der Waals surface area contributed by atoms with E-state index >= 15 is 0 Å². The maximum absolute atomic E-state index is 14.0. The van der Waals surface area contributed by atoms with E-state index < -0.39 is 28.5 Å². The standard InChI is InChI=1S/C28H37Cl2N3O5S/c1-4-24(28(35)31-20-12-7-6-8-13-20)32(18-21-22(29)14-11-15-23(21)30)27(34)19-33(39(3,36)37)25-16-9-10-17-26(25)38-5-2/h9-11,14-17,20,24H,4-8,12-13,18-19H2,1-3H3,(H,31,35)/t24-/m0/s1. The Labute approximate surface area is 241 Å². The highest BCUT2D eigenvalue weighted by Crippen LogP contribution is 2.31. The second-order valence-corrected chi connectivity index (χ2v) is 12.4. The predicted octanol–water partition coefficient (Wildman–Crippen LogP) is 5.41. The zero-order valence-electron chi connectivity index (χ0n) is 22.7. The lowest BCUT2D eigenvalue weighted by molar-refractivity contribution is -0.140. The summed E-state index contributed by atoms with van der Waals surface area (Å²) in [6, 6.07) is 10.9. The van der Waals surface area contributed by atoms with Crippen molar-refractivity contribution in [2.75, 3.05) is 23.7 Å². The molecule has 1 aliphatic rings. The Morgan fingerprint density at radius 1 is 1.03 bits per heavy atom. The van der Waals surface area contributed by atoms with E-state index in [0.717, 1.165) is 42.7 Å². The van der Waals surface area contributed by atoms with Crippen LogP contribution in [0.5, 0.6) is 5.75 Å². The molecule has 0 bridgehead atoms. The molecule has 0 saturated heterocycles. The molecular weight excluding hydrogens is 561 g/mol. The fourth-order valence-electron chi connectivity index (χ4n) is 4.85. The molecule has 2 aromatic rings. The molecule has 1 atom stereocenters. The second-order valence-electron chi connectivity index (χ2n) is 9.66. The molecule has 39 heavy (non-hydrogen) atoms. The van der Waals surface area contributed by atoms with Gasteiger partial charge in [-0.1, -0.05) is 67.6 Å².